The van der Waals surface area contributed by atoms with Crippen molar-refractivity contribution >= 4 is 5.97 Å². The van der Waals surface area contributed by atoms with Gasteiger partial charge in [0.25, 0.3) is 0 Å². The number of aliphatic hydroxyl groups is 3. The van der Waals surface area contributed by atoms with Crippen molar-refractivity contribution in [1.29, 1.82) is 0 Å². The van der Waals surface area contributed by atoms with Crippen LogP contribution in [-0.4, -0.2) is 96.4 Å². The van der Waals surface area contributed by atoms with Gasteiger partial charge in [0.05, 0.1) is 24.4 Å². The lowest BCUT2D eigenvalue weighted by atomic mass is 9.81. The Kier molecular flexibility index (Phi) is 13.0. The van der Waals surface area contributed by atoms with Crippen molar-refractivity contribution in [2.45, 2.75) is 121 Å². The number of unbranched alkanes of at least 4 members (excludes halogenated alkanes) is 1. The lowest BCUT2D eigenvalue weighted by Crippen LogP contribution is -2.61. The summed E-state index contributed by atoms with van der Waals surface area (Å²) in [6, 6.07) is 0. The molecule has 3 aliphatic heterocycles. The molecule has 0 aromatic carbocycles. The van der Waals surface area contributed by atoms with E-state index in [0.29, 0.717) is 12.8 Å². The summed E-state index contributed by atoms with van der Waals surface area (Å²) < 4.78 is 35.6. The van der Waals surface area contributed by atoms with Gasteiger partial charge in [-0.3, -0.25) is 4.79 Å². The normalized spacial score (nSPS) is 43.3. The molecule has 3 N–H and O–H groups in total. The molecular weight excluding hydrogens is 544 g/mol. The van der Waals surface area contributed by atoms with E-state index in [1.165, 1.54) is 7.11 Å². The van der Waals surface area contributed by atoms with Crippen LogP contribution in [-0.2, 0) is 33.2 Å². The molecule has 10 nitrogen and oxygen atoms in total. The van der Waals surface area contributed by atoms with Crippen molar-refractivity contribution in [2.24, 2.45) is 11.8 Å². The fourth-order valence-corrected chi connectivity index (χ4v) is 5.70. The lowest BCUT2D eigenvalue weighted by molar-refractivity contribution is -0.353. The Labute approximate surface area is 250 Å². The highest BCUT2D eigenvalue weighted by Crippen LogP contribution is 2.41. The molecule has 42 heavy (non-hydrogen) atoms. The molecule has 10 heteroatoms. The fraction of sp³-hybridized carbons (Fsp3) is 0.719. The van der Waals surface area contributed by atoms with Crippen LogP contribution in [0.1, 0.15) is 59.8 Å². The van der Waals surface area contributed by atoms with Gasteiger partial charge in [0.15, 0.2) is 12.1 Å². The van der Waals surface area contributed by atoms with Gasteiger partial charge >= 0.3 is 5.97 Å². The number of carbonyl (C=O) groups excluding carboxylic acids is 1. The molecule has 0 spiro atoms. The molecule has 3 heterocycles. The summed E-state index contributed by atoms with van der Waals surface area (Å²) in [7, 11) is 3.02. The van der Waals surface area contributed by atoms with Crippen LogP contribution in [0.4, 0.5) is 0 Å². The SMILES string of the molecule is C=CCC/C=C/C=C/[C@@H]1C/C(C)=C/[C@@H](OC)C[C@@H]2O[C@@](O)(C[C@H](O[C@@H]3O[C@@H](C)[C@H](O)[C@@H](O)[C@H]3OC)[C@@H]2C)[C@H](C)C(=O)O1. The summed E-state index contributed by atoms with van der Waals surface area (Å²) in [5, 5.41) is 32.7. The van der Waals surface area contributed by atoms with Gasteiger partial charge < -0.3 is 43.7 Å². The second-order valence-electron chi connectivity index (χ2n) is 11.7. The first-order chi connectivity index (χ1) is 19.9. The van der Waals surface area contributed by atoms with Gasteiger partial charge in [0.2, 0.25) is 0 Å². The summed E-state index contributed by atoms with van der Waals surface area (Å²) in [4.78, 5) is 13.4. The number of ether oxygens (including phenoxy) is 6. The molecule has 238 valence electrons. The maximum atomic E-state index is 13.4. The van der Waals surface area contributed by atoms with Gasteiger partial charge in [0.1, 0.15) is 30.3 Å². The average Bonchev–Trinajstić information content (AvgIpc) is 2.94. The molecule has 2 saturated heterocycles. The van der Waals surface area contributed by atoms with Crippen LogP contribution >= 0.6 is 0 Å². The number of methoxy groups -OCH3 is 2. The second-order valence-corrected chi connectivity index (χ2v) is 11.7. The summed E-state index contributed by atoms with van der Waals surface area (Å²) in [6.45, 7) is 10.9. The third-order valence-corrected chi connectivity index (χ3v) is 8.56. The number of allylic oxidation sites excluding steroid dienone is 4. The van der Waals surface area contributed by atoms with Crippen molar-refractivity contribution in [2.75, 3.05) is 14.2 Å². The monoisotopic (exact) mass is 594 g/mol. The van der Waals surface area contributed by atoms with E-state index < -0.39 is 66.7 Å². The van der Waals surface area contributed by atoms with E-state index >= 15 is 0 Å². The van der Waals surface area contributed by atoms with E-state index in [1.807, 2.05) is 50.3 Å². The van der Waals surface area contributed by atoms with Gasteiger partial charge in [-0.25, -0.2) is 0 Å². The average molecular weight is 595 g/mol. The van der Waals surface area contributed by atoms with Crippen LogP contribution in [0, 0.1) is 11.8 Å². The minimum absolute atomic E-state index is 0.0523. The standard InChI is InChI=1S/C32H50O10/c1-8-9-10-11-12-13-14-23-15-19(2)16-24(37-6)17-25-20(3)26(18-32(36,42-25)21(4)30(35)40-23)41-31-29(38-7)28(34)27(33)22(5)39-31/h8,11-14,16,20-29,31,33-34,36H,1,9-10,15,17-18H2,2-7H3/b12-11+,14-13+,19-16+/t20-,21-,22+,23-,24-,25+,26+,27+,28-,29-,31+,32+/m1/s1. The Balaban J connectivity index is 1.90. The second kappa shape index (κ2) is 15.7. The van der Waals surface area contributed by atoms with Crippen LogP contribution in [0.2, 0.25) is 0 Å². The Bertz CT molecular complexity index is 978. The van der Waals surface area contributed by atoms with E-state index in [9.17, 15) is 20.1 Å². The first kappa shape index (κ1) is 34.6. The molecule has 0 radical (unpaired) electrons. The zero-order valence-corrected chi connectivity index (χ0v) is 25.8. The molecule has 12 atom stereocenters. The zero-order valence-electron chi connectivity index (χ0n) is 25.8. The van der Waals surface area contributed by atoms with Gasteiger partial charge in [-0.2, -0.15) is 0 Å². The molecule has 0 aromatic heterocycles. The van der Waals surface area contributed by atoms with Crippen molar-refractivity contribution < 1.29 is 48.5 Å². The first-order valence-electron chi connectivity index (χ1n) is 14.9. The topological polar surface area (TPSA) is 133 Å². The van der Waals surface area contributed by atoms with Crippen LogP contribution in [0.3, 0.4) is 0 Å². The van der Waals surface area contributed by atoms with Crippen LogP contribution in [0.25, 0.3) is 0 Å². The van der Waals surface area contributed by atoms with E-state index in [2.05, 4.69) is 6.58 Å². The summed E-state index contributed by atoms with van der Waals surface area (Å²) >= 11 is 0. The maximum Gasteiger partial charge on any atom is 0.314 e. The minimum atomic E-state index is -1.91. The molecule has 2 bridgehead atoms. The third-order valence-electron chi connectivity index (χ3n) is 8.56. The molecule has 0 amide bonds. The molecule has 2 fully saturated rings. The smallest absolute Gasteiger partial charge is 0.314 e. The van der Waals surface area contributed by atoms with E-state index in [-0.39, 0.29) is 18.4 Å². The number of carbonyl (C=O) groups is 1. The Morgan fingerprint density at radius 1 is 1.12 bits per heavy atom. The van der Waals surface area contributed by atoms with Crippen molar-refractivity contribution in [3.63, 3.8) is 0 Å². The van der Waals surface area contributed by atoms with Gasteiger partial charge in [-0.1, -0.05) is 42.9 Å². The predicted octanol–water partition coefficient (Wildman–Crippen LogP) is 3.35. The summed E-state index contributed by atoms with van der Waals surface area (Å²) in [5.74, 6) is -3.80. The lowest BCUT2D eigenvalue weighted by Gasteiger charge is -2.49. The Morgan fingerprint density at radius 2 is 1.86 bits per heavy atom. The highest BCUT2D eigenvalue weighted by atomic mass is 16.7. The first-order valence-corrected chi connectivity index (χ1v) is 14.9. The van der Waals surface area contributed by atoms with E-state index in [0.717, 1.165) is 18.4 Å². The number of cyclic esters (lactones) is 1. The van der Waals surface area contributed by atoms with Crippen molar-refractivity contribution in [3.8, 4) is 0 Å². The molecule has 0 saturated carbocycles. The number of aliphatic hydroxyl groups excluding tert-OH is 2. The zero-order chi connectivity index (χ0) is 31.0. The predicted molar refractivity (Wildman–Crippen MR) is 156 cm³/mol. The summed E-state index contributed by atoms with van der Waals surface area (Å²) in [6.07, 6.45) is 6.90. The highest BCUT2D eigenvalue weighted by molar-refractivity contribution is 5.73. The molecular formula is C32H50O10. The fourth-order valence-electron chi connectivity index (χ4n) is 5.70. The third kappa shape index (κ3) is 8.60. The quantitative estimate of drug-likeness (QED) is 0.158. The van der Waals surface area contributed by atoms with Gasteiger partial charge in [-0.05, 0) is 39.7 Å². The largest absolute Gasteiger partial charge is 0.457 e. The van der Waals surface area contributed by atoms with Gasteiger partial charge in [-0.15, -0.1) is 6.58 Å². The maximum absolute atomic E-state index is 13.4. The molecule has 3 aliphatic rings. The van der Waals surface area contributed by atoms with Crippen LogP contribution in [0.15, 0.2) is 48.6 Å². The van der Waals surface area contributed by atoms with Gasteiger partial charge in [0, 0.05) is 39.4 Å². The summed E-state index contributed by atoms with van der Waals surface area (Å²) in [5.41, 5.74) is 0.986. The van der Waals surface area contributed by atoms with E-state index in [1.54, 1.807) is 21.0 Å². The highest BCUT2D eigenvalue weighted by Gasteiger charge is 2.53. The van der Waals surface area contributed by atoms with Crippen LogP contribution < -0.4 is 0 Å². The van der Waals surface area contributed by atoms with Crippen molar-refractivity contribution in [1.82, 2.24) is 0 Å². The number of esters is 1. The molecule has 0 unspecified atom stereocenters. The Hall–Kier alpha value is -1.89. The van der Waals surface area contributed by atoms with Crippen molar-refractivity contribution in [3.05, 3.63) is 48.6 Å². The molecule has 3 rings (SSSR count). The Morgan fingerprint density at radius 3 is 2.52 bits per heavy atom. The minimum Gasteiger partial charge on any atom is -0.457 e. The number of rotatable bonds is 9. The van der Waals surface area contributed by atoms with E-state index in [4.69, 9.17) is 28.4 Å². The number of fused-ring (bicyclic) bond motifs is 2. The number of hydrogen-bond acceptors (Lipinski definition) is 10. The molecule has 0 aromatic rings. The number of hydrogen-bond donors (Lipinski definition) is 3. The molecule has 0 aliphatic carbocycles. The van der Waals surface area contributed by atoms with Crippen LogP contribution in [0.5, 0.6) is 0 Å².